The molecule has 204 valence electrons. The molecule has 0 aliphatic heterocycles. The molecule has 1 aliphatic carbocycles. The predicted octanol–water partition coefficient (Wildman–Crippen LogP) is 5.51. The Kier molecular flexibility index (Phi) is 8.36. The van der Waals surface area contributed by atoms with E-state index in [-0.39, 0.29) is 25.0 Å². The van der Waals surface area contributed by atoms with Crippen molar-refractivity contribution in [2.45, 2.75) is 64.3 Å². The van der Waals surface area contributed by atoms with E-state index in [1.54, 1.807) is 0 Å². The Morgan fingerprint density at radius 2 is 1.31 bits per heavy atom. The molecule has 4 rings (SSSR count). The van der Waals surface area contributed by atoms with Gasteiger partial charge in [0.1, 0.15) is 19.1 Å². The monoisotopic (exact) mass is 528 g/mol. The van der Waals surface area contributed by atoms with Gasteiger partial charge in [0.15, 0.2) is 5.78 Å². The van der Waals surface area contributed by atoms with Crippen molar-refractivity contribution in [3.8, 4) is 0 Å². The molecular formula is C33H36O6. The molecular weight excluding hydrogens is 492 g/mol. The van der Waals surface area contributed by atoms with Gasteiger partial charge < -0.3 is 14.6 Å². The van der Waals surface area contributed by atoms with Gasteiger partial charge in [-0.25, -0.2) is 0 Å². The van der Waals surface area contributed by atoms with Gasteiger partial charge in [0, 0.05) is 12.3 Å². The van der Waals surface area contributed by atoms with Crippen molar-refractivity contribution in [3.05, 3.63) is 107 Å². The molecule has 0 spiro atoms. The maximum atomic E-state index is 13.6. The van der Waals surface area contributed by atoms with E-state index in [0.717, 1.165) is 16.7 Å². The molecule has 1 saturated carbocycles. The molecule has 0 unspecified atom stereocenters. The molecule has 1 aliphatic rings. The van der Waals surface area contributed by atoms with E-state index < -0.39 is 41.1 Å². The van der Waals surface area contributed by atoms with Gasteiger partial charge in [-0.05, 0) is 34.6 Å². The highest BCUT2D eigenvalue weighted by Gasteiger charge is 2.57. The van der Waals surface area contributed by atoms with Crippen LogP contribution in [-0.4, -0.2) is 28.4 Å². The van der Waals surface area contributed by atoms with Crippen molar-refractivity contribution in [2.24, 2.45) is 11.8 Å². The molecule has 1 fully saturated rings. The highest BCUT2D eigenvalue weighted by atomic mass is 16.5. The average molecular weight is 529 g/mol. The summed E-state index contributed by atoms with van der Waals surface area (Å²) in [6, 6.07) is 25.9. The van der Waals surface area contributed by atoms with E-state index >= 15 is 0 Å². The van der Waals surface area contributed by atoms with E-state index in [9.17, 15) is 19.5 Å². The summed E-state index contributed by atoms with van der Waals surface area (Å²) in [6.45, 7) is 7.73. The number of rotatable bonds is 7. The molecule has 3 aromatic carbocycles. The lowest BCUT2D eigenvalue weighted by atomic mass is 9.61. The minimum atomic E-state index is -1.71. The Labute approximate surface area is 230 Å². The minimum Gasteiger partial charge on any atom is -0.461 e. The van der Waals surface area contributed by atoms with Crippen molar-refractivity contribution in [1.82, 2.24) is 0 Å². The fourth-order valence-electron chi connectivity index (χ4n) is 5.26. The highest BCUT2D eigenvalue weighted by Crippen LogP contribution is 2.47. The first kappa shape index (κ1) is 28.2. The van der Waals surface area contributed by atoms with E-state index in [1.807, 2.05) is 84.9 Å². The van der Waals surface area contributed by atoms with E-state index in [1.165, 1.54) is 6.92 Å². The number of ether oxygens (including phenoxy) is 2. The van der Waals surface area contributed by atoms with Crippen LogP contribution in [0.5, 0.6) is 0 Å². The molecule has 0 aromatic heterocycles. The SMILES string of the molecule is CC(C)(C)c1ccc([C@@H]2[C@H](C(=O)OCc3ccccc3)C(=O)C[C@](C)(O)[C@@H]2C(=O)OCc2ccccc2)cc1. The Balaban J connectivity index is 1.69. The number of Topliss-reactive ketones (excluding diaryl/α,β-unsaturated/α-hetero) is 1. The van der Waals surface area contributed by atoms with Crippen LogP contribution in [0, 0.1) is 11.8 Å². The number of carbonyl (C=O) groups excluding carboxylic acids is 3. The summed E-state index contributed by atoms with van der Waals surface area (Å²) in [6.07, 6.45) is -0.361. The number of esters is 2. The zero-order valence-corrected chi connectivity index (χ0v) is 22.9. The topological polar surface area (TPSA) is 89.9 Å². The Hall–Kier alpha value is -3.77. The fourth-order valence-corrected chi connectivity index (χ4v) is 5.26. The summed E-state index contributed by atoms with van der Waals surface area (Å²) in [5, 5.41) is 11.4. The molecule has 0 saturated heterocycles. The second kappa shape index (κ2) is 11.5. The molecule has 3 aromatic rings. The molecule has 0 heterocycles. The second-order valence-electron chi connectivity index (χ2n) is 11.5. The third kappa shape index (κ3) is 6.63. The van der Waals surface area contributed by atoms with Crippen molar-refractivity contribution in [1.29, 1.82) is 0 Å². The fraction of sp³-hybridized carbons (Fsp3) is 0.364. The average Bonchev–Trinajstić information content (AvgIpc) is 2.90. The molecule has 0 radical (unpaired) electrons. The van der Waals surface area contributed by atoms with E-state index in [0.29, 0.717) is 5.56 Å². The zero-order valence-electron chi connectivity index (χ0n) is 22.9. The van der Waals surface area contributed by atoms with Crippen LogP contribution in [0.2, 0.25) is 0 Å². The lowest BCUT2D eigenvalue weighted by Gasteiger charge is -2.43. The van der Waals surface area contributed by atoms with Gasteiger partial charge in [0.2, 0.25) is 0 Å². The van der Waals surface area contributed by atoms with E-state index in [2.05, 4.69) is 20.8 Å². The van der Waals surface area contributed by atoms with Crippen LogP contribution in [-0.2, 0) is 42.5 Å². The minimum absolute atomic E-state index is 0.00134. The van der Waals surface area contributed by atoms with Gasteiger partial charge in [-0.1, -0.05) is 106 Å². The van der Waals surface area contributed by atoms with Gasteiger partial charge in [0.05, 0.1) is 11.5 Å². The van der Waals surface area contributed by atoms with Crippen LogP contribution in [0.4, 0.5) is 0 Å². The molecule has 4 atom stereocenters. The summed E-state index contributed by atoms with van der Waals surface area (Å²) >= 11 is 0. The van der Waals surface area contributed by atoms with Crippen molar-refractivity contribution in [3.63, 3.8) is 0 Å². The van der Waals surface area contributed by atoms with E-state index in [4.69, 9.17) is 9.47 Å². The first-order chi connectivity index (χ1) is 18.5. The first-order valence-corrected chi connectivity index (χ1v) is 13.2. The summed E-state index contributed by atoms with van der Waals surface area (Å²) < 4.78 is 11.3. The van der Waals surface area contributed by atoms with Gasteiger partial charge in [-0.3, -0.25) is 14.4 Å². The Bertz CT molecular complexity index is 1290. The van der Waals surface area contributed by atoms with Gasteiger partial charge in [0.25, 0.3) is 0 Å². The van der Waals surface area contributed by atoms with Crippen LogP contribution in [0.1, 0.15) is 62.3 Å². The third-order valence-electron chi connectivity index (χ3n) is 7.38. The number of hydrogen-bond donors (Lipinski definition) is 1. The van der Waals surface area contributed by atoms with Crippen LogP contribution in [0.15, 0.2) is 84.9 Å². The first-order valence-electron chi connectivity index (χ1n) is 13.2. The third-order valence-corrected chi connectivity index (χ3v) is 7.38. The maximum Gasteiger partial charge on any atom is 0.317 e. The summed E-state index contributed by atoms with van der Waals surface area (Å²) in [7, 11) is 0. The normalized spacial score (nSPS) is 23.2. The lowest BCUT2D eigenvalue weighted by Crippen LogP contribution is -2.55. The highest BCUT2D eigenvalue weighted by molar-refractivity contribution is 6.02. The lowest BCUT2D eigenvalue weighted by molar-refractivity contribution is -0.174. The summed E-state index contributed by atoms with van der Waals surface area (Å²) in [4.78, 5) is 40.5. The second-order valence-corrected chi connectivity index (χ2v) is 11.5. The van der Waals surface area contributed by atoms with Crippen molar-refractivity contribution >= 4 is 17.7 Å². The molecule has 6 nitrogen and oxygen atoms in total. The molecule has 6 heteroatoms. The van der Waals surface area contributed by atoms with Crippen LogP contribution < -0.4 is 0 Å². The number of benzene rings is 3. The largest absolute Gasteiger partial charge is 0.461 e. The smallest absolute Gasteiger partial charge is 0.317 e. The molecule has 1 N–H and O–H groups in total. The standard InChI is InChI=1S/C33H36O6/c1-32(2,3)25-17-15-24(16-18-25)27-28(30(35)38-20-22-11-7-5-8-12-22)26(34)19-33(4,37)29(27)31(36)39-21-23-13-9-6-10-14-23/h5-18,27-29,37H,19-21H2,1-4H3/t27-,28-,29+,33+/m1/s1. The van der Waals surface area contributed by atoms with Gasteiger partial charge >= 0.3 is 11.9 Å². The number of hydrogen-bond acceptors (Lipinski definition) is 6. The van der Waals surface area contributed by atoms with Gasteiger partial charge in [-0.2, -0.15) is 0 Å². The van der Waals surface area contributed by atoms with Crippen LogP contribution in [0.25, 0.3) is 0 Å². The summed E-state index contributed by atoms with van der Waals surface area (Å²) in [5.74, 6) is -5.22. The van der Waals surface area contributed by atoms with Gasteiger partial charge in [-0.15, -0.1) is 0 Å². The molecule has 0 bridgehead atoms. The molecule has 39 heavy (non-hydrogen) atoms. The van der Waals surface area contributed by atoms with Crippen molar-refractivity contribution in [2.75, 3.05) is 0 Å². The zero-order chi connectivity index (χ0) is 28.2. The van der Waals surface area contributed by atoms with Crippen LogP contribution in [0.3, 0.4) is 0 Å². The number of ketones is 1. The quantitative estimate of drug-likeness (QED) is 0.321. The number of carbonyl (C=O) groups is 3. The number of aliphatic hydroxyl groups is 1. The Morgan fingerprint density at radius 1 is 0.821 bits per heavy atom. The van der Waals surface area contributed by atoms with Crippen LogP contribution >= 0.6 is 0 Å². The maximum absolute atomic E-state index is 13.6. The Morgan fingerprint density at radius 3 is 1.79 bits per heavy atom. The van der Waals surface area contributed by atoms with Crippen molar-refractivity contribution < 1.29 is 29.0 Å². The summed E-state index contributed by atoms with van der Waals surface area (Å²) in [5.41, 5.74) is 1.41. The molecule has 0 amide bonds. The predicted molar refractivity (Wildman–Crippen MR) is 148 cm³/mol.